The van der Waals surface area contributed by atoms with Crippen LogP contribution in [-0.4, -0.2) is 87.2 Å². The van der Waals surface area contributed by atoms with Crippen LogP contribution >= 0.6 is 0 Å². The summed E-state index contributed by atoms with van der Waals surface area (Å²) in [5, 5.41) is 3.48. The van der Waals surface area contributed by atoms with Gasteiger partial charge < -0.3 is 29.3 Å². The number of hydrogen-bond acceptors (Lipinski definition) is 6. The van der Waals surface area contributed by atoms with Crippen molar-refractivity contribution in [3.8, 4) is 0 Å². The fraction of sp³-hybridized carbons (Fsp3) is 0.714. The molecule has 160 valence electrons. The van der Waals surface area contributed by atoms with Gasteiger partial charge in [-0.25, -0.2) is 4.98 Å². The second-order valence-corrected chi connectivity index (χ2v) is 7.96. The fourth-order valence-electron chi connectivity index (χ4n) is 4.24. The van der Waals surface area contributed by atoms with Crippen molar-refractivity contribution in [1.82, 2.24) is 15.2 Å². The van der Waals surface area contributed by atoms with E-state index in [-0.39, 0.29) is 18.3 Å². The van der Waals surface area contributed by atoms with E-state index in [1.165, 1.54) is 0 Å². The summed E-state index contributed by atoms with van der Waals surface area (Å²) in [4.78, 5) is 13.7. The first-order chi connectivity index (χ1) is 14.2. The minimum absolute atomic E-state index is 0.127. The number of anilines is 1. The number of aliphatic imine (C=N–C) groups is 1. The lowest BCUT2D eigenvalue weighted by Gasteiger charge is -2.37. The van der Waals surface area contributed by atoms with Gasteiger partial charge >= 0.3 is 0 Å². The SMILES string of the molecule is CN=C(NCc1ccc(N2CCOC(C)C2)nc1)N1CCOC(C2CCCO2)C1. The Hall–Kier alpha value is -1.90. The molecule has 1 N–H and O–H groups in total. The molecule has 29 heavy (non-hydrogen) atoms. The van der Waals surface area contributed by atoms with Crippen LogP contribution < -0.4 is 10.2 Å². The van der Waals surface area contributed by atoms with E-state index in [4.69, 9.17) is 14.2 Å². The highest BCUT2D eigenvalue weighted by molar-refractivity contribution is 5.80. The van der Waals surface area contributed by atoms with Crippen molar-refractivity contribution in [2.24, 2.45) is 4.99 Å². The maximum atomic E-state index is 5.95. The third-order valence-electron chi connectivity index (χ3n) is 5.81. The van der Waals surface area contributed by atoms with E-state index in [0.717, 1.165) is 69.6 Å². The van der Waals surface area contributed by atoms with Gasteiger partial charge in [0.15, 0.2) is 5.96 Å². The van der Waals surface area contributed by atoms with Crippen LogP contribution in [-0.2, 0) is 20.8 Å². The third kappa shape index (κ3) is 5.18. The van der Waals surface area contributed by atoms with Crippen molar-refractivity contribution in [2.75, 3.05) is 57.9 Å². The van der Waals surface area contributed by atoms with Gasteiger partial charge in [-0.15, -0.1) is 0 Å². The highest BCUT2D eigenvalue weighted by Gasteiger charge is 2.32. The Morgan fingerprint density at radius 3 is 2.72 bits per heavy atom. The molecular formula is C21H33N5O3. The van der Waals surface area contributed by atoms with E-state index < -0.39 is 0 Å². The molecule has 0 aliphatic carbocycles. The van der Waals surface area contributed by atoms with Crippen LogP contribution in [0.2, 0.25) is 0 Å². The summed E-state index contributed by atoms with van der Waals surface area (Å²) in [6, 6.07) is 4.23. The highest BCUT2D eigenvalue weighted by atomic mass is 16.5. The molecule has 4 heterocycles. The summed E-state index contributed by atoms with van der Waals surface area (Å²) in [6.07, 6.45) is 4.76. The minimum atomic E-state index is 0.127. The number of aromatic nitrogens is 1. The molecule has 8 nitrogen and oxygen atoms in total. The lowest BCUT2D eigenvalue weighted by Crippen LogP contribution is -2.53. The summed E-state index contributed by atoms with van der Waals surface area (Å²) < 4.78 is 17.4. The molecule has 0 saturated carbocycles. The van der Waals surface area contributed by atoms with Gasteiger partial charge in [-0.3, -0.25) is 4.99 Å². The second kappa shape index (κ2) is 9.73. The van der Waals surface area contributed by atoms with Gasteiger partial charge in [-0.1, -0.05) is 6.07 Å². The number of pyridine rings is 1. The average molecular weight is 404 g/mol. The lowest BCUT2D eigenvalue weighted by molar-refractivity contribution is -0.0817. The van der Waals surface area contributed by atoms with E-state index in [2.05, 4.69) is 44.1 Å². The number of nitrogens with zero attached hydrogens (tertiary/aromatic N) is 4. The molecule has 3 unspecified atom stereocenters. The van der Waals surface area contributed by atoms with E-state index in [1.54, 1.807) is 0 Å². The summed E-state index contributed by atoms with van der Waals surface area (Å²) >= 11 is 0. The summed E-state index contributed by atoms with van der Waals surface area (Å²) in [6.45, 7) is 8.56. The van der Waals surface area contributed by atoms with Gasteiger partial charge in [0.05, 0.1) is 25.4 Å². The standard InChI is InChI=1S/C21H33N5O3/c1-16-14-25(7-10-27-16)20-6-5-17(12-23-20)13-24-21(22-2)26-8-11-29-19(15-26)18-4-3-9-28-18/h5-6,12,16,18-19H,3-4,7-11,13-15H2,1-2H3,(H,22,24). The Morgan fingerprint density at radius 2 is 2.00 bits per heavy atom. The normalized spacial score (nSPS) is 28.6. The average Bonchev–Trinajstić information content (AvgIpc) is 3.30. The Balaban J connectivity index is 1.30. The number of nitrogens with one attached hydrogen (secondary N) is 1. The Bertz CT molecular complexity index is 677. The Morgan fingerprint density at radius 1 is 1.14 bits per heavy atom. The lowest BCUT2D eigenvalue weighted by atomic mass is 10.1. The van der Waals surface area contributed by atoms with Crippen molar-refractivity contribution < 1.29 is 14.2 Å². The number of morpholine rings is 2. The van der Waals surface area contributed by atoms with Gasteiger partial charge in [0.2, 0.25) is 0 Å². The summed E-state index contributed by atoms with van der Waals surface area (Å²) in [7, 11) is 1.83. The molecule has 1 aromatic rings. The predicted molar refractivity (Wildman–Crippen MR) is 112 cm³/mol. The highest BCUT2D eigenvalue weighted by Crippen LogP contribution is 2.21. The van der Waals surface area contributed by atoms with Gasteiger partial charge in [0.25, 0.3) is 0 Å². The largest absolute Gasteiger partial charge is 0.375 e. The molecule has 3 aliphatic rings. The first-order valence-electron chi connectivity index (χ1n) is 10.7. The molecule has 4 rings (SSSR count). The quantitative estimate of drug-likeness (QED) is 0.599. The van der Waals surface area contributed by atoms with E-state index in [9.17, 15) is 0 Å². The zero-order valence-electron chi connectivity index (χ0n) is 17.5. The Labute approximate surface area is 173 Å². The number of hydrogen-bond donors (Lipinski definition) is 1. The van der Waals surface area contributed by atoms with Crippen molar-refractivity contribution in [2.45, 2.75) is 44.6 Å². The molecule has 0 bridgehead atoms. The third-order valence-corrected chi connectivity index (χ3v) is 5.81. The molecule has 8 heteroatoms. The van der Waals surface area contributed by atoms with Crippen LogP contribution in [0.25, 0.3) is 0 Å². The van der Waals surface area contributed by atoms with Crippen molar-refractivity contribution >= 4 is 11.8 Å². The first kappa shape index (κ1) is 20.4. The Kier molecular flexibility index (Phi) is 6.84. The van der Waals surface area contributed by atoms with Crippen LogP contribution in [0.15, 0.2) is 23.3 Å². The topological polar surface area (TPSA) is 71.5 Å². The van der Waals surface area contributed by atoms with Crippen LogP contribution in [0.4, 0.5) is 5.82 Å². The molecule has 0 amide bonds. The van der Waals surface area contributed by atoms with E-state index >= 15 is 0 Å². The van der Waals surface area contributed by atoms with Gasteiger partial charge in [-0.05, 0) is 31.4 Å². The van der Waals surface area contributed by atoms with E-state index in [1.807, 2.05) is 13.2 Å². The summed E-state index contributed by atoms with van der Waals surface area (Å²) in [5.41, 5.74) is 1.14. The zero-order valence-corrected chi connectivity index (χ0v) is 17.5. The smallest absolute Gasteiger partial charge is 0.194 e. The van der Waals surface area contributed by atoms with Crippen LogP contribution in [0, 0.1) is 0 Å². The molecular weight excluding hydrogens is 370 g/mol. The number of ether oxygens (including phenoxy) is 3. The second-order valence-electron chi connectivity index (χ2n) is 7.96. The molecule has 3 atom stereocenters. The molecule has 3 aliphatic heterocycles. The summed E-state index contributed by atoms with van der Waals surface area (Å²) in [5.74, 6) is 1.92. The minimum Gasteiger partial charge on any atom is -0.375 e. The molecule has 0 spiro atoms. The fourth-order valence-corrected chi connectivity index (χ4v) is 4.24. The number of rotatable bonds is 4. The van der Waals surface area contributed by atoms with Crippen molar-refractivity contribution in [3.63, 3.8) is 0 Å². The zero-order chi connectivity index (χ0) is 20.1. The van der Waals surface area contributed by atoms with Crippen LogP contribution in [0.3, 0.4) is 0 Å². The predicted octanol–water partition coefficient (Wildman–Crippen LogP) is 1.26. The maximum Gasteiger partial charge on any atom is 0.194 e. The first-order valence-corrected chi connectivity index (χ1v) is 10.7. The number of guanidine groups is 1. The molecule has 3 saturated heterocycles. The van der Waals surface area contributed by atoms with E-state index in [0.29, 0.717) is 13.2 Å². The molecule has 0 aromatic carbocycles. The molecule has 3 fully saturated rings. The van der Waals surface area contributed by atoms with Crippen molar-refractivity contribution in [3.05, 3.63) is 23.9 Å². The van der Waals surface area contributed by atoms with Gasteiger partial charge in [0.1, 0.15) is 11.9 Å². The molecule has 1 aromatic heterocycles. The van der Waals surface area contributed by atoms with Crippen molar-refractivity contribution in [1.29, 1.82) is 0 Å². The molecule has 0 radical (unpaired) electrons. The van der Waals surface area contributed by atoms with Gasteiger partial charge in [-0.2, -0.15) is 0 Å². The maximum absolute atomic E-state index is 5.95. The van der Waals surface area contributed by atoms with Gasteiger partial charge in [0, 0.05) is 52.6 Å². The van der Waals surface area contributed by atoms with Crippen LogP contribution in [0.5, 0.6) is 0 Å². The van der Waals surface area contributed by atoms with Crippen LogP contribution in [0.1, 0.15) is 25.3 Å². The monoisotopic (exact) mass is 403 g/mol.